The second-order valence-corrected chi connectivity index (χ2v) is 11.4. The van der Waals surface area contributed by atoms with Crippen molar-refractivity contribution in [3.63, 3.8) is 0 Å². The van der Waals surface area contributed by atoms with Crippen LogP contribution in [0.1, 0.15) is 44.7 Å². The normalized spacial score (nSPS) is 18.8. The third kappa shape index (κ3) is 8.17. The predicted octanol–water partition coefficient (Wildman–Crippen LogP) is 5.18. The molecule has 228 valence electrons. The van der Waals surface area contributed by atoms with E-state index < -0.39 is 54.4 Å². The lowest BCUT2D eigenvalue weighted by Gasteiger charge is -2.40. The second kappa shape index (κ2) is 12.2. The largest absolute Gasteiger partial charge is 0.573 e. The van der Waals surface area contributed by atoms with Crippen LogP contribution in [0.5, 0.6) is 11.5 Å². The molecule has 1 saturated heterocycles. The first-order valence-electron chi connectivity index (χ1n) is 13.1. The van der Waals surface area contributed by atoms with Crippen molar-refractivity contribution in [2.75, 3.05) is 13.2 Å². The van der Waals surface area contributed by atoms with Crippen LogP contribution in [-0.4, -0.2) is 64.9 Å². The molecular formula is C28H30ClF4N3O6. The molecule has 0 aromatic heterocycles. The van der Waals surface area contributed by atoms with Crippen LogP contribution in [0.4, 0.5) is 22.4 Å². The zero-order valence-electron chi connectivity index (χ0n) is 23.1. The van der Waals surface area contributed by atoms with Gasteiger partial charge in [-0.25, -0.2) is 9.18 Å². The smallest absolute Gasteiger partial charge is 0.484 e. The Morgan fingerprint density at radius 2 is 1.69 bits per heavy atom. The summed E-state index contributed by atoms with van der Waals surface area (Å²) in [5, 5.41) is 2.68. The fraction of sp³-hybridized carbons (Fsp3) is 0.464. The molecule has 9 nitrogen and oxygen atoms in total. The van der Waals surface area contributed by atoms with Gasteiger partial charge in [0.05, 0.1) is 5.02 Å². The molecule has 4 rings (SSSR count). The molecule has 14 heteroatoms. The van der Waals surface area contributed by atoms with Crippen molar-refractivity contribution < 1.29 is 46.2 Å². The van der Waals surface area contributed by atoms with Crippen molar-refractivity contribution in [2.24, 2.45) is 0 Å². The summed E-state index contributed by atoms with van der Waals surface area (Å²) in [5.41, 5.74) is 0.320. The van der Waals surface area contributed by atoms with Gasteiger partial charge in [-0.3, -0.25) is 14.5 Å². The Morgan fingerprint density at radius 1 is 1.00 bits per heavy atom. The number of benzene rings is 2. The first-order valence-corrected chi connectivity index (χ1v) is 13.5. The fourth-order valence-corrected chi connectivity index (χ4v) is 4.90. The van der Waals surface area contributed by atoms with Gasteiger partial charge in [0, 0.05) is 31.7 Å². The summed E-state index contributed by atoms with van der Waals surface area (Å²) < 4.78 is 66.4. The molecule has 0 bridgehead atoms. The van der Waals surface area contributed by atoms with E-state index in [0.717, 1.165) is 6.07 Å². The third-order valence-electron chi connectivity index (χ3n) is 6.57. The summed E-state index contributed by atoms with van der Waals surface area (Å²) >= 11 is 5.66. The van der Waals surface area contributed by atoms with Crippen LogP contribution < -0.4 is 14.8 Å². The van der Waals surface area contributed by atoms with Crippen LogP contribution in [0.3, 0.4) is 0 Å². The van der Waals surface area contributed by atoms with E-state index in [9.17, 15) is 31.9 Å². The highest BCUT2D eigenvalue weighted by Gasteiger charge is 2.41. The lowest BCUT2D eigenvalue weighted by molar-refractivity contribution is -0.274. The molecule has 2 atom stereocenters. The van der Waals surface area contributed by atoms with Gasteiger partial charge >= 0.3 is 12.5 Å². The molecule has 0 saturated carbocycles. The standard InChI is InChI=1S/C28H30ClF4N3O6/c1-27(2,3)42-26(39)36-14-18(34-24(37)15-40-19-7-8-21(29)22(30)11-19)5-9-23(36)25(38)35-12-16-4-6-20(10-17(16)13-35)41-28(31,32)33/h4,6-8,10-11,18,23H,5,9,12-15H2,1-3H3,(H,34,37). The van der Waals surface area contributed by atoms with E-state index in [-0.39, 0.29) is 42.6 Å². The zero-order chi connectivity index (χ0) is 30.8. The number of nitrogens with zero attached hydrogens (tertiary/aromatic N) is 2. The molecule has 0 radical (unpaired) electrons. The van der Waals surface area contributed by atoms with Crippen molar-refractivity contribution in [3.8, 4) is 11.5 Å². The van der Waals surface area contributed by atoms with Gasteiger partial charge < -0.3 is 24.4 Å². The molecule has 1 N–H and O–H groups in total. The van der Waals surface area contributed by atoms with Crippen molar-refractivity contribution in [1.29, 1.82) is 0 Å². The number of alkyl halides is 3. The highest BCUT2D eigenvalue weighted by molar-refractivity contribution is 6.30. The summed E-state index contributed by atoms with van der Waals surface area (Å²) in [6, 6.07) is 6.23. The number of halogens is 5. The van der Waals surface area contributed by atoms with Gasteiger partial charge in [-0.15, -0.1) is 13.2 Å². The number of nitrogens with one attached hydrogen (secondary N) is 1. The molecule has 2 unspecified atom stereocenters. The van der Waals surface area contributed by atoms with Gasteiger partial charge in [-0.2, -0.15) is 0 Å². The Labute approximate surface area is 244 Å². The average molecular weight is 616 g/mol. The molecular weight excluding hydrogens is 586 g/mol. The maximum absolute atomic E-state index is 13.6. The van der Waals surface area contributed by atoms with Gasteiger partial charge in [-0.05, 0) is 69.0 Å². The molecule has 2 heterocycles. The van der Waals surface area contributed by atoms with E-state index in [1.165, 1.54) is 40.1 Å². The van der Waals surface area contributed by atoms with E-state index in [2.05, 4.69) is 10.1 Å². The molecule has 2 aromatic rings. The summed E-state index contributed by atoms with van der Waals surface area (Å²) in [6.45, 7) is 4.79. The quantitative estimate of drug-likeness (QED) is 0.450. The number of ether oxygens (including phenoxy) is 3. The van der Waals surface area contributed by atoms with E-state index >= 15 is 0 Å². The topological polar surface area (TPSA) is 97.4 Å². The number of hydrogen-bond acceptors (Lipinski definition) is 6. The second-order valence-electron chi connectivity index (χ2n) is 11.0. The van der Waals surface area contributed by atoms with E-state index in [4.69, 9.17) is 21.1 Å². The molecule has 2 aliphatic rings. The molecule has 2 aliphatic heterocycles. The molecule has 42 heavy (non-hydrogen) atoms. The Bertz CT molecular complexity index is 1350. The molecule has 1 fully saturated rings. The minimum absolute atomic E-state index is 0.0308. The van der Waals surface area contributed by atoms with Crippen molar-refractivity contribution in [3.05, 3.63) is 58.4 Å². The SMILES string of the molecule is CC(C)(C)OC(=O)N1CC(NC(=O)COc2ccc(Cl)c(F)c2)CCC1C(=O)N1Cc2ccc(OC(F)(F)F)cc2C1. The van der Waals surface area contributed by atoms with Crippen molar-refractivity contribution >= 4 is 29.5 Å². The monoisotopic (exact) mass is 615 g/mol. The number of amides is 3. The zero-order valence-corrected chi connectivity index (χ0v) is 23.9. The number of fused-ring (bicyclic) bond motifs is 1. The number of hydrogen-bond donors (Lipinski definition) is 1. The van der Waals surface area contributed by atoms with Crippen LogP contribution >= 0.6 is 11.6 Å². The summed E-state index contributed by atoms with van der Waals surface area (Å²) in [5.74, 6) is -1.88. The lowest BCUT2D eigenvalue weighted by Crippen LogP contribution is -2.59. The van der Waals surface area contributed by atoms with E-state index in [1.54, 1.807) is 20.8 Å². The maximum Gasteiger partial charge on any atom is 0.573 e. The maximum atomic E-state index is 13.6. The fourth-order valence-electron chi connectivity index (χ4n) is 4.79. The average Bonchev–Trinajstić information content (AvgIpc) is 3.30. The predicted molar refractivity (Wildman–Crippen MR) is 142 cm³/mol. The summed E-state index contributed by atoms with van der Waals surface area (Å²) in [7, 11) is 0. The van der Waals surface area contributed by atoms with Gasteiger partial charge in [0.15, 0.2) is 6.61 Å². The van der Waals surface area contributed by atoms with Crippen LogP contribution in [0.25, 0.3) is 0 Å². The minimum atomic E-state index is -4.84. The Kier molecular flexibility index (Phi) is 9.09. The van der Waals surface area contributed by atoms with Crippen molar-refractivity contribution in [1.82, 2.24) is 15.1 Å². The highest BCUT2D eigenvalue weighted by Crippen LogP contribution is 2.32. The number of likely N-dealkylation sites (tertiary alicyclic amines) is 1. The van der Waals surface area contributed by atoms with Crippen LogP contribution in [0.15, 0.2) is 36.4 Å². The molecule has 2 aromatic carbocycles. The Morgan fingerprint density at radius 3 is 2.36 bits per heavy atom. The third-order valence-corrected chi connectivity index (χ3v) is 6.87. The summed E-state index contributed by atoms with van der Waals surface area (Å²) in [4.78, 5) is 42.1. The summed E-state index contributed by atoms with van der Waals surface area (Å²) in [6.07, 6.45) is -5.04. The van der Waals surface area contributed by atoms with Crippen molar-refractivity contribution in [2.45, 2.75) is 70.7 Å². The first-order chi connectivity index (χ1) is 19.6. The molecule has 0 spiro atoms. The van der Waals surface area contributed by atoms with E-state index in [1.807, 2.05) is 0 Å². The van der Waals surface area contributed by atoms with Crippen LogP contribution in [0, 0.1) is 5.82 Å². The highest BCUT2D eigenvalue weighted by atomic mass is 35.5. The number of piperidine rings is 1. The Hall–Kier alpha value is -3.74. The first kappa shape index (κ1) is 31.2. The molecule has 0 aliphatic carbocycles. The Balaban J connectivity index is 1.41. The minimum Gasteiger partial charge on any atom is -0.484 e. The lowest BCUT2D eigenvalue weighted by atomic mass is 9.97. The van der Waals surface area contributed by atoms with Gasteiger partial charge in [0.2, 0.25) is 5.91 Å². The number of carbonyl (C=O) groups excluding carboxylic acids is 3. The van der Waals surface area contributed by atoms with Gasteiger partial charge in [0.25, 0.3) is 5.91 Å². The number of carbonyl (C=O) groups is 3. The van der Waals surface area contributed by atoms with Crippen LogP contribution in [-0.2, 0) is 27.4 Å². The number of rotatable bonds is 6. The van der Waals surface area contributed by atoms with E-state index in [0.29, 0.717) is 17.5 Å². The van der Waals surface area contributed by atoms with Crippen LogP contribution in [0.2, 0.25) is 5.02 Å². The molecule has 3 amide bonds. The van der Waals surface area contributed by atoms with Gasteiger partial charge in [-0.1, -0.05) is 17.7 Å². The van der Waals surface area contributed by atoms with Gasteiger partial charge in [0.1, 0.15) is 29.0 Å².